The van der Waals surface area contributed by atoms with Gasteiger partial charge in [-0.2, -0.15) is 0 Å². The molecule has 1 amide bonds. The minimum atomic E-state index is 0.00273. The molecule has 1 N–H and O–H groups in total. The molecule has 4 nitrogen and oxygen atoms in total. The lowest BCUT2D eigenvalue weighted by Gasteiger charge is -2.22. The number of nitrogens with one attached hydrogen (secondary N) is 1. The number of nitrogens with zero attached hydrogens (tertiary/aromatic N) is 2. The Kier molecular flexibility index (Phi) is 4.12. The molecule has 1 aliphatic rings. The van der Waals surface area contributed by atoms with Crippen LogP contribution in [0.5, 0.6) is 0 Å². The van der Waals surface area contributed by atoms with Crippen molar-refractivity contribution in [2.24, 2.45) is 0 Å². The number of hydrogen-bond donors (Lipinski definition) is 1. The van der Waals surface area contributed by atoms with Gasteiger partial charge in [0.1, 0.15) is 5.82 Å². The van der Waals surface area contributed by atoms with Crippen molar-refractivity contribution in [3.63, 3.8) is 0 Å². The molecule has 2 aromatic rings. The number of aromatic nitrogens is 1. The standard InChI is InChI=1S/C15H16ClN3OS/c1-17-14-13(16)7-10(8-18-14)15(20)19(11-4-5-11)9-12-3-2-6-21-12/h2-3,6-8,11H,4-5,9H2,1H3,(H,17,18). The Hall–Kier alpha value is -1.59. The first-order valence-corrected chi connectivity index (χ1v) is 8.11. The van der Waals surface area contributed by atoms with Gasteiger partial charge in [-0.25, -0.2) is 4.98 Å². The Morgan fingerprint density at radius 1 is 1.57 bits per heavy atom. The molecule has 2 aromatic heterocycles. The zero-order chi connectivity index (χ0) is 14.8. The van der Waals surface area contributed by atoms with Crippen LogP contribution in [0.25, 0.3) is 0 Å². The lowest BCUT2D eigenvalue weighted by molar-refractivity contribution is 0.0731. The van der Waals surface area contributed by atoms with Gasteiger partial charge in [-0.15, -0.1) is 11.3 Å². The molecular formula is C15H16ClN3OS. The Bertz CT molecular complexity index is 640. The van der Waals surface area contributed by atoms with E-state index in [9.17, 15) is 4.79 Å². The summed E-state index contributed by atoms with van der Waals surface area (Å²) in [6.07, 6.45) is 3.74. The van der Waals surface area contributed by atoms with Crippen molar-refractivity contribution in [3.8, 4) is 0 Å². The molecule has 2 heterocycles. The van der Waals surface area contributed by atoms with Gasteiger partial charge < -0.3 is 10.2 Å². The SMILES string of the molecule is CNc1ncc(C(=O)N(Cc2cccs2)C2CC2)cc1Cl. The topological polar surface area (TPSA) is 45.2 Å². The van der Waals surface area contributed by atoms with Crippen LogP contribution in [0.1, 0.15) is 28.1 Å². The fourth-order valence-corrected chi connectivity index (χ4v) is 3.19. The van der Waals surface area contributed by atoms with Crippen molar-refractivity contribution in [2.45, 2.75) is 25.4 Å². The minimum Gasteiger partial charge on any atom is -0.372 e. The maximum atomic E-state index is 12.7. The Labute approximate surface area is 132 Å². The van der Waals surface area contributed by atoms with Crippen LogP contribution in [0.15, 0.2) is 29.8 Å². The second kappa shape index (κ2) is 6.03. The van der Waals surface area contributed by atoms with E-state index in [2.05, 4.69) is 16.4 Å². The van der Waals surface area contributed by atoms with E-state index in [0.29, 0.717) is 29.0 Å². The first-order chi connectivity index (χ1) is 10.2. The first kappa shape index (κ1) is 14.4. The highest BCUT2D eigenvalue weighted by Gasteiger charge is 2.33. The summed E-state index contributed by atoms with van der Waals surface area (Å²) in [5.41, 5.74) is 0.544. The van der Waals surface area contributed by atoms with Gasteiger partial charge in [-0.05, 0) is 30.4 Å². The smallest absolute Gasteiger partial charge is 0.256 e. The number of pyridine rings is 1. The molecule has 110 valence electrons. The highest BCUT2D eigenvalue weighted by atomic mass is 35.5. The van der Waals surface area contributed by atoms with Gasteiger partial charge in [-0.3, -0.25) is 4.79 Å². The third-order valence-electron chi connectivity index (χ3n) is 3.48. The van der Waals surface area contributed by atoms with Crippen LogP contribution in [0.4, 0.5) is 5.82 Å². The van der Waals surface area contributed by atoms with Gasteiger partial charge in [0.2, 0.25) is 0 Å². The van der Waals surface area contributed by atoms with Crippen LogP contribution in [-0.4, -0.2) is 28.9 Å². The fraction of sp³-hybridized carbons (Fsp3) is 0.333. The van der Waals surface area contributed by atoms with Gasteiger partial charge in [0.05, 0.1) is 17.1 Å². The lowest BCUT2D eigenvalue weighted by Crippen LogP contribution is -2.32. The average Bonchev–Trinajstić information content (AvgIpc) is 3.20. The minimum absolute atomic E-state index is 0.00273. The zero-order valence-corrected chi connectivity index (χ0v) is 13.2. The van der Waals surface area contributed by atoms with Gasteiger partial charge >= 0.3 is 0 Å². The molecule has 0 radical (unpaired) electrons. The molecule has 21 heavy (non-hydrogen) atoms. The summed E-state index contributed by atoms with van der Waals surface area (Å²) in [4.78, 5) is 20.0. The summed E-state index contributed by atoms with van der Waals surface area (Å²) in [6.45, 7) is 0.659. The summed E-state index contributed by atoms with van der Waals surface area (Å²) in [6, 6.07) is 6.10. The molecule has 3 rings (SSSR count). The monoisotopic (exact) mass is 321 g/mol. The molecule has 0 atom stereocenters. The number of anilines is 1. The molecule has 0 aromatic carbocycles. The van der Waals surface area contributed by atoms with Crippen LogP contribution in [0, 0.1) is 0 Å². The molecule has 0 spiro atoms. The average molecular weight is 322 g/mol. The summed E-state index contributed by atoms with van der Waals surface area (Å²) in [7, 11) is 1.75. The summed E-state index contributed by atoms with van der Waals surface area (Å²) < 4.78 is 0. The van der Waals surface area contributed by atoms with Crippen molar-refractivity contribution >= 4 is 34.7 Å². The van der Waals surface area contributed by atoms with Crippen molar-refractivity contribution < 1.29 is 4.79 Å². The van der Waals surface area contributed by atoms with E-state index in [1.165, 1.54) is 4.88 Å². The molecule has 6 heteroatoms. The van der Waals surface area contributed by atoms with Crippen LogP contribution < -0.4 is 5.32 Å². The van der Waals surface area contributed by atoms with Crippen LogP contribution in [-0.2, 0) is 6.54 Å². The van der Waals surface area contributed by atoms with Crippen molar-refractivity contribution in [2.75, 3.05) is 12.4 Å². The summed E-state index contributed by atoms with van der Waals surface area (Å²) >= 11 is 7.80. The second-order valence-corrected chi connectivity index (χ2v) is 6.49. The highest BCUT2D eigenvalue weighted by Crippen LogP contribution is 2.31. The van der Waals surface area contributed by atoms with Crippen molar-refractivity contribution in [1.82, 2.24) is 9.88 Å². The molecule has 1 aliphatic carbocycles. The van der Waals surface area contributed by atoms with Crippen LogP contribution in [0.3, 0.4) is 0 Å². The lowest BCUT2D eigenvalue weighted by atomic mass is 10.2. The maximum absolute atomic E-state index is 12.7. The molecule has 1 fully saturated rings. The molecular weight excluding hydrogens is 306 g/mol. The summed E-state index contributed by atoms with van der Waals surface area (Å²) in [5.74, 6) is 0.590. The number of carbonyl (C=O) groups is 1. The van der Waals surface area contributed by atoms with E-state index in [1.54, 1.807) is 30.6 Å². The van der Waals surface area contributed by atoms with Crippen molar-refractivity contribution in [3.05, 3.63) is 45.2 Å². The Morgan fingerprint density at radius 3 is 2.95 bits per heavy atom. The van der Waals surface area contributed by atoms with Gasteiger partial charge in [0, 0.05) is 24.2 Å². The highest BCUT2D eigenvalue weighted by molar-refractivity contribution is 7.09. The van der Waals surface area contributed by atoms with Gasteiger partial charge in [0.25, 0.3) is 5.91 Å². The summed E-state index contributed by atoms with van der Waals surface area (Å²) in [5, 5.41) is 5.40. The number of halogens is 1. The van der Waals surface area contributed by atoms with E-state index in [4.69, 9.17) is 11.6 Å². The zero-order valence-electron chi connectivity index (χ0n) is 11.7. The van der Waals surface area contributed by atoms with Crippen LogP contribution in [0.2, 0.25) is 5.02 Å². The van der Waals surface area contributed by atoms with Gasteiger partial charge in [-0.1, -0.05) is 17.7 Å². The van der Waals surface area contributed by atoms with Crippen LogP contribution >= 0.6 is 22.9 Å². The molecule has 1 saturated carbocycles. The molecule has 0 bridgehead atoms. The quantitative estimate of drug-likeness (QED) is 0.914. The third kappa shape index (κ3) is 3.19. The number of rotatable bonds is 5. The predicted molar refractivity (Wildman–Crippen MR) is 86.0 cm³/mol. The molecule has 0 unspecified atom stereocenters. The largest absolute Gasteiger partial charge is 0.372 e. The number of thiophene rings is 1. The van der Waals surface area contributed by atoms with E-state index < -0.39 is 0 Å². The van der Waals surface area contributed by atoms with Crippen molar-refractivity contribution in [1.29, 1.82) is 0 Å². The van der Waals surface area contributed by atoms with E-state index >= 15 is 0 Å². The number of amides is 1. The van der Waals surface area contributed by atoms with E-state index in [-0.39, 0.29) is 5.91 Å². The number of carbonyl (C=O) groups excluding carboxylic acids is 1. The van der Waals surface area contributed by atoms with Gasteiger partial charge in [0.15, 0.2) is 0 Å². The number of hydrogen-bond acceptors (Lipinski definition) is 4. The fourth-order valence-electron chi connectivity index (χ4n) is 2.23. The van der Waals surface area contributed by atoms with E-state index in [0.717, 1.165) is 12.8 Å². The first-order valence-electron chi connectivity index (χ1n) is 6.85. The normalized spacial score (nSPS) is 14.0. The Balaban J connectivity index is 1.82. The third-order valence-corrected chi connectivity index (χ3v) is 4.63. The van der Waals surface area contributed by atoms with E-state index in [1.807, 2.05) is 16.3 Å². The molecule has 0 aliphatic heterocycles. The Morgan fingerprint density at radius 2 is 2.38 bits per heavy atom. The predicted octanol–water partition coefficient (Wildman–Crippen LogP) is 3.64. The molecule has 0 saturated heterocycles. The second-order valence-electron chi connectivity index (χ2n) is 5.05. The maximum Gasteiger partial charge on any atom is 0.256 e.